The number of thioether (sulfide) groups is 1. The maximum atomic E-state index is 11.8. The zero-order valence-corrected chi connectivity index (χ0v) is 22.3. The molecule has 0 spiro atoms. The lowest BCUT2D eigenvalue weighted by molar-refractivity contribution is -0.117. The molecule has 2 fully saturated rings. The number of carbonyl (C=O) groups is 1. The van der Waals surface area contributed by atoms with Crippen LogP contribution >= 0.6 is 11.8 Å². The van der Waals surface area contributed by atoms with Crippen LogP contribution in [0, 0.1) is 0 Å². The maximum absolute atomic E-state index is 11.8. The molecule has 6 nitrogen and oxygen atoms in total. The fraction of sp³-hybridized carbons (Fsp3) is 0.679. The van der Waals surface area contributed by atoms with Gasteiger partial charge in [0.05, 0.1) is 0 Å². The zero-order valence-electron chi connectivity index (χ0n) is 21.5. The molecule has 1 heterocycles. The van der Waals surface area contributed by atoms with Gasteiger partial charge in [0.25, 0.3) is 0 Å². The van der Waals surface area contributed by atoms with Crippen LogP contribution < -0.4 is 26.6 Å². The molecule has 1 aromatic rings. The minimum Gasteiger partial charge on any atom is -0.352 e. The fourth-order valence-electron chi connectivity index (χ4n) is 5.75. The van der Waals surface area contributed by atoms with Crippen LogP contribution in [0.15, 0.2) is 35.2 Å². The van der Waals surface area contributed by atoms with E-state index in [-0.39, 0.29) is 5.91 Å². The molecule has 194 valence electrons. The van der Waals surface area contributed by atoms with Crippen molar-refractivity contribution in [2.75, 3.05) is 25.4 Å². The van der Waals surface area contributed by atoms with Crippen molar-refractivity contribution in [3.63, 3.8) is 0 Å². The van der Waals surface area contributed by atoms with Crippen molar-refractivity contribution in [1.82, 2.24) is 26.6 Å². The number of amides is 1. The average Bonchev–Trinajstić information content (AvgIpc) is 2.87. The summed E-state index contributed by atoms with van der Waals surface area (Å²) < 4.78 is 0. The molecule has 7 heteroatoms. The van der Waals surface area contributed by atoms with Gasteiger partial charge in [-0.1, -0.05) is 38.3 Å². The third-order valence-corrected chi connectivity index (χ3v) is 8.65. The van der Waals surface area contributed by atoms with Crippen LogP contribution in [0.3, 0.4) is 0 Å². The molecule has 35 heavy (non-hydrogen) atoms. The molecule has 0 aromatic heterocycles. The third-order valence-electron chi connectivity index (χ3n) is 7.68. The van der Waals surface area contributed by atoms with Gasteiger partial charge in [-0.25, -0.2) is 0 Å². The molecule has 2 unspecified atom stereocenters. The van der Waals surface area contributed by atoms with E-state index in [4.69, 9.17) is 0 Å². The third kappa shape index (κ3) is 8.32. The largest absolute Gasteiger partial charge is 0.352 e. The summed E-state index contributed by atoms with van der Waals surface area (Å²) in [4.78, 5) is 13.1. The molecule has 5 N–H and O–H groups in total. The smallest absolute Gasteiger partial charge is 0.246 e. The Morgan fingerprint density at radius 2 is 1.34 bits per heavy atom. The number of nitrogens with one attached hydrogen (secondary N) is 5. The summed E-state index contributed by atoms with van der Waals surface area (Å²) in [6.45, 7) is 10.0. The van der Waals surface area contributed by atoms with E-state index in [1.165, 1.54) is 67.4 Å². The number of hydrogen-bond donors (Lipinski definition) is 5. The molecule has 1 amide bonds. The van der Waals surface area contributed by atoms with Crippen molar-refractivity contribution in [2.45, 2.75) is 100 Å². The van der Waals surface area contributed by atoms with Gasteiger partial charge in [-0.3, -0.25) is 4.79 Å². The Kier molecular flexibility index (Phi) is 10.5. The second kappa shape index (κ2) is 13.8. The summed E-state index contributed by atoms with van der Waals surface area (Å²) in [7, 11) is 0. The fourth-order valence-corrected chi connectivity index (χ4v) is 6.66. The molecule has 2 bridgehead atoms. The van der Waals surface area contributed by atoms with E-state index in [2.05, 4.69) is 51.4 Å². The average molecular weight is 500 g/mol. The number of rotatable bonds is 5. The SMILES string of the molecule is C=C(C)C(=O)NCCSc1cc2cc(c1)CNC1CCCC[C@H]1NCCN[C@@H]1CCCCC1NC2. The van der Waals surface area contributed by atoms with Gasteiger partial charge in [0.15, 0.2) is 0 Å². The van der Waals surface area contributed by atoms with Crippen LogP contribution in [-0.2, 0) is 17.9 Å². The van der Waals surface area contributed by atoms with Gasteiger partial charge < -0.3 is 26.6 Å². The van der Waals surface area contributed by atoms with Crippen molar-refractivity contribution < 1.29 is 4.79 Å². The second-order valence-corrected chi connectivity index (χ2v) is 11.7. The van der Waals surface area contributed by atoms with Crippen LogP contribution in [0.25, 0.3) is 0 Å². The van der Waals surface area contributed by atoms with Crippen LogP contribution in [0.2, 0.25) is 0 Å². The van der Waals surface area contributed by atoms with E-state index < -0.39 is 0 Å². The summed E-state index contributed by atoms with van der Waals surface area (Å²) >= 11 is 1.82. The highest BCUT2D eigenvalue weighted by Crippen LogP contribution is 2.24. The van der Waals surface area contributed by atoms with Crippen molar-refractivity contribution in [2.24, 2.45) is 0 Å². The summed E-state index contributed by atoms with van der Waals surface area (Å²) in [5.74, 6) is 0.795. The molecule has 1 aliphatic heterocycles. The topological polar surface area (TPSA) is 77.2 Å². The standard InChI is InChI=1S/C28H45N5OS/c1-20(2)28(34)31-13-14-35-23-16-21-15-22(17-23)19-33-27-10-6-4-8-25(27)30-12-11-29-24-7-3-5-9-26(24)32-18-21/h15-17,24-27,29-30,32-33H,1,3-14,18-19H2,2H3,(H,31,34)/t24-,25-,26?,27?/m1/s1. The van der Waals surface area contributed by atoms with Gasteiger partial charge in [0.2, 0.25) is 5.91 Å². The number of carbonyl (C=O) groups excluding carboxylic acids is 1. The minimum absolute atomic E-state index is 0.0583. The molecule has 4 atom stereocenters. The molecule has 3 aliphatic rings. The zero-order chi connectivity index (χ0) is 24.5. The summed E-state index contributed by atoms with van der Waals surface area (Å²) in [5.41, 5.74) is 3.27. The lowest BCUT2D eigenvalue weighted by Crippen LogP contribution is -2.53. The first-order valence-electron chi connectivity index (χ1n) is 13.7. The Balaban J connectivity index is 1.46. The van der Waals surface area contributed by atoms with Crippen LogP contribution in [0.1, 0.15) is 69.4 Å². The highest BCUT2D eigenvalue weighted by molar-refractivity contribution is 7.99. The van der Waals surface area contributed by atoms with Gasteiger partial charge >= 0.3 is 0 Å². The quantitative estimate of drug-likeness (QED) is 0.243. The number of hydrogen-bond acceptors (Lipinski definition) is 6. The van der Waals surface area contributed by atoms with E-state index in [0.29, 0.717) is 36.3 Å². The van der Waals surface area contributed by atoms with Gasteiger partial charge in [0, 0.05) is 73.1 Å². The first kappa shape index (κ1) is 26.7. The summed E-state index contributed by atoms with van der Waals surface area (Å²) in [5, 5.41) is 18.5. The molecule has 0 saturated heterocycles. The first-order chi connectivity index (χ1) is 17.1. The predicted octanol–water partition coefficient (Wildman–Crippen LogP) is 3.47. The number of benzene rings is 1. The molecule has 2 saturated carbocycles. The Morgan fingerprint density at radius 1 is 0.857 bits per heavy atom. The van der Waals surface area contributed by atoms with E-state index in [1.54, 1.807) is 6.92 Å². The van der Waals surface area contributed by atoms with Gasteiger partial charge in [-0.15, -0.1) is 11.8 Å². The Labute approximate surface area is 216 Å². The highest BCUT2D eigenvalue weighted by Gasteiger charge is 2.26. The molecule has 4 rings (SSSR count). The Hall–Kier alpha value is -1.38. The minimum atomic E-state index is -0.0583. The normalized spacial score (nSPS) is 28.0. The van der Waals surface area contributed by atoms with Gasteiger partial charge in [-0.05, 0) is 55.9 Å². The van der Waals surface area contributed by atoms with E-state index in [0.717, 1.165) is 31.9 Å². The number of fused-ring (bicyclic) bond motifs is 4. The van der Waals surface area contributed by atoms with Gasteiger partial charge in [-0.2, -0.15) is 0 Å². The van der Waals surface area contributed by atoms with Crippen molar-refractivity contribution in [3.8, 4) is 0 Å². The van der Waals surface area contributed by atoms with Crippen molar-refractivity contribution >= 4 is 17.7 Å². The van der Waals surface area contributed by atoms with E-state index in [1.807, 2.05) is 11.8 Å². The first-order valence-corrected chi connectivity index (χ1v) is 14.7. The second-order valence-electron chi connectivity index (χ2n) is 10.5. The lowest BCUT2D eigenvalue weighted by atomic mass is 9.89. The molecular weight excluding hydrogens is 454 g/mol. The summed E-state index contributed by atoms with van der Waals surface area (Å²) in [6.07, 6.45) is 10.3. The molecule has 2 aliphatic carbocycles. The predicted molar refractivity (Wildman–Crippen MR) is 147 cm³/mol. The maximum Gasteiger partial charge on any atom is 0.246 e. The Bertz CT molecular complexity index is 798. The molecule has 1 aromatic carbocycles. The van der Waals surface area contributed by atoms with E-state index >= 15 is 0 Å². The molecule has 0 radical (unpaired) electrons. The lowest BCUT2D eigenvalue weighted by Gasteiger charge is -2.35. The van der Waals surface area contributed by atoms with Crippen LogP contribution in [0.5, 0.6) is 0 Å². The van der Waals surface area contributed by atoms with Gasteiger partial charge in [0.1, 0.15) is 0 Å². The van der Waals surface area contributed by atoms with Crippen molar-refractivity contribution in [1.29, 1.82) is 0 Å². The monoisotopic (exact) mass is 499 g/mol. The van der Waals surface area contributed by atoms with Crippen molar-refractivity contribution in [3.05, 3.63) is 41.5 Å². The van der Waals surface area contributed by atoms with E-state index in [9.17, 15) is 4.79 Å². The van der Waals surface area contributed by atoms with Crippen LogP contribution in [-0.4, -0.2) is 55.5 Å². The highest BCUT2D eigenvalue weighted by atomic mass is 32.2. The van der Waals surface area contributed by atoms with Crippen LogP contribution in [0.4, 0.5) is 0 Å². The Morgan fingerprint density at radius 3 is 1.83 bits per heavy atom. The molecular formula is C28H45N5OS. The summed E-state index contributed by atoms with van der Waals surface area (Å²) in [6, 6.07) is 9.22.